The van der Waals surface area contributed by atoms with Crippen molar-refractivity contribution in [3.8, 4) is 22.6 Å². The third-order valence-electron chi connectivity index (χ3n) is 3.37. The zero-order chi connectivity index (χ0) is 16.4. The maximum atomic E-state index is 12.3. The van der Waals surface area contributed by atoms with Crippen molar-refractivity contribution in [3.63, 3.8) is 0 Å². The second-order valence-electron chi connectivity index (χ2n) is 4.94. The molecule has 1 heterocycles. The van der Waals surface area contributed by atoms with E-state index in [1.807, 2.05) is 12.1 Å². The average molecular weight is 310 g/mol. The van der Waals surface area contributed by atoms with E-state index in [0.717, 1.165) is 5.39 Å². The first-order valence-corrected chi connectivity index (χ1v) is 6.98. The number of hydrogen-bond donors (Lipinski definition) is 0. The first kappa shape index (κ1) is 14.8. The molecule has 0 aliphatic carbocycles. The van der Waals surface area contributed by atoms with Crippen molar-refractivity contribution in [2.24, 2.45) is 0 Å². The third kappa shape index (κ3) is 2.94. The molecule has 0 saturated carbocycles. The van der Waals surface area contributed by atoms with Gasteiger partial charge in [-0.1, -0.05) is 18.2 Å². The van der Waals surface area contributed by atoms with Crippen LogP contribution in [0.15, 0.2) is 57.7 Å². The molecule has 2 aromatic carbocycles. The van der Waals surface area contributed by atoms with Crippen LogP contribution >= 0.6 is 0 Å². The summed E-state index contributed by atoms with van der Waals surface area (Å²) >= 11 is 0. The number of methoxy groups -OCH3 is 1. The molecule has 0 atom stereocenters. The van der Waals surface area contributed by atoms with Gasteiger partial charge in [-0.05, 0) is 24.3 Å². The molecule has 5 heteroatoms. The number of hydrogen-bond acceptors (Lipinski definition) is 5. The summed E-state index contributed by atoms with van der Waals surface area (Å²) in [6.45, 7) is 1.31. The van der Waals surface area contributed by atoms with Gasteiger partial charge in [0.15, 0.2) is 0 Å². The van der Waals surface area contributed by atoms with Crippen molar-refractivity contribution in [2.75, 3.05) is 7.11 Å². The maximum absolute atomic E-state index is 12.3. The van der Waals surface area contributed by atoms with Crippen LogP contribution in [0.1, 0.15) is 6.92 Å². The summed E-state index contributed by atoms with van der Waals surface area (Å²) in [5.41, 5.74) is 0.944. The van der Waals surface area contributed by atoms with Crippen molar-refractivity contribution in [3.05, 3.63) is 59.0 Å². The summed E-state index contributed by atoms with van der Waals surface area (Å²) in [5.74, 6) is 0.492. The van der Waals surface area contributed by atoms with E-state index < -0.39 is 11.6 Å². The van der Waals surface area contributed by atoms with Gasteiger partial charge < -0.3 is 13.9 Å². The van der Waals surface area contributed by atoms with Gasteiger partial charge >= 0.3 is 11.6 Å². The molecule has 0 unspecified atom stereocenters. The molecule has 0 saturated heterocycles. The minimum Gasteiger partial charge on any atom is -0.496 e. The molecular formula is C18H14O5. The van der Waals surface area contributed by atoms with Gasteiger partial charge in [-0.3, -0.25) is 4.79 Å². The second-order valence-corrected chi connectivity index (χ2v) is 4.94. The van der Waals surface area contributed by atoms with Crippen LogP contribution in [0.3, 0.4) is 0 Å². The lowest BCUT2D eigenvalue weighted by Crippen LogP contribution is -2.04. The van der Waals surface area contributed by atoms with Crippen LogP contribution in [0.5, 0.6) is 11.5 Å². The molecule has 0 spiro atoms. The molecule has 116 valence electrons. The SMILES string of the molecule is COc1ccccc1-c1cc2ccc(OC(C)=O)cc2oc1=O. The largest absolute Gasteiger partial charge is 0.496 e. The fourth-order valence-electron chi connectivity index (χ4n) is 2.38. The lowest BCUT2D eigenvalue weighted by atomic mass is 10.0. The number of carbonyl (C=O) groups is 1. The molecular weight excluding hydrogens is 296 g/mol. The zero-order valence-electron chi connectivity index (χ0n) is 12.7. The van der Waals surface area contributed by atoms with Gasteiger partial charge in [0, 0.05) is 23.9 Å². The Morgan fingerprint density at radius 3 is 2.57 bits per heavy atom. The predicted molar refractivity (Wildman–Crippen MR) is 85.8 cm³/mol. The summed E-state index contributed by atoms with van der Waals surface area (Å²) in [5, 5.41) is 0.724. The van der Waals surface area contributed by atoms with E-state index in [1.165, 1.54) is 13.0 Å². The van der Waals surface area contributed by atoms with Crippen molar-refractivity contribution in [1.29, 1.82) is 0 Å². The molecule has 3 aromatic rings. The van der Waals surface area contributed by atoms with E-state index in [0.29, 0.717) is 28.2 Å². The highest BCUT2D eigenvalue weighted by Gasteiger charge is 2.12. The smallest absolute Gasteiger partial charge is 0.344 e. The Bertz CT molecular complexity index is 940. The van der Waals surface area contributed by atoms with Gasteiger partial charge in [0.05, 0.1) is 12.7 Å². The standard InChI is InChI=1S/C18H14O5/c1-11(19)22-13-8-7-12-9-15(18(20)23-17(12)10-13)14-5-3-4-6-16(14)21-2/h3-10H,1-2H3. The first-order chi connectivity index (χ1) is 11.1. The van der Waals surface area contributed by atoms with Crippen LogP contribution < -0.4 is 15.1 Å². The molecule has 3 rings (SSSR count). The number of para-hydroxylation sites is 1. The van der Waals surface area contributed by atoms with Gasteiger partial charge in [0.2, 0.25) is 0 Å². The normalized spacial score (nSPS) is 10.5. The number of esters is 1. The Labute approximate surface area is 132 Å². The molecule has 0 aliphatic heterocycles. The summed E-state index contributed by atoms with van der Waals surface area (Å²) in [6.07, 6.45) is 0. The Morgan fingerprint density at radius 1 is 1.04 bits per heavy atom. The zero-order valence-corrected chi connectivity index (χ0v) is 12.7. The van der Waals surface area contributed by atoms with Gasteiger partial charge in [-0.15, -0.1) is 0 Å². The van der Waals surface area contributed by atoms with Crippen LogP contribution in [0.4, 0.5) is 0 Å². The monoisotopic (exact) mass is 310 g/mol. The van der Waals surface area contributed by atoms with Gasteiger partial charge in [0.1, 0.15) is 17.1 Å². The van der Waals surface area contributed by atoms with Crippen molar-refractivity contribution < 1.29 is 18.7 Å². The Morgan fingerprint density at radius 2 is 1.83 bits per heavy atom. The third-order valence-corrected chi connectivity index (χ3v) is 3.37. The van der Waals surface area contributed by atoms with Crippen molar-refractivity contribution >= 4 is 16.9 Å². The number of ether oxygens (including phenoxy) is 2. The summed E-state index contributed by atoms with van der Waals surface area (Å²) in [7, 11) is 1.55. The Balaban J connectivity index is 2.15. The number of fused-ring (bicyclic) bond motifs is 1. The molecule has 0 N–H and O–H groups in total. The molecule has 1 aromatic heterocycles. The van der Waals surface area contributed by atoms with Crippen LogP contribution in [0, 0.1) is 0 Å². The average Bonchev–Trinajstić information content (AvgIpc) is 2.53. The van der Waals surface area contributed by atoms with Crippen LogP contribution in [-0.2, 0) is 4.79 Å². The number of benzene rings is 2. The van der Waals surface area contributed by atoms with Gasteiger partial charge in [0.25, 0.3) is 0 Å². The molecule has 23 heavy (non-hydrogen) atoms. The van der Waals surface area contributed by atoms with E-state index in [9.17, 15) is 9.59 Å². The van der Waals surface area contributed by atoms with Gasteiger partial charge in [-0.25, -0.2) is 4.79 Å². The number of carbonyl (C=O) groups excluding carboxylic acids is 1. The Hall–Kier alpha value is -3.08. The van der Waals surface area contributed by atoms with E-state index >= 15 is 0 Å². The highest BCUT2D eigenvalue weighted by atomic mass is 16.5. The van der Waals surface area contributed by atoms with Crippen LogP contribution in [0.25, 0.3) is 22.1 Å². The maximum Gasteiger partial charge on any atom is 0.344 e. The van der Waals surface area contributed by atoms with Crippen LogP contribution in [0.2, 0.25) is 0 Å². The van der Waals surface area contributed by atoms with E-state index in [1.54, 1.807) is 37.4 Å². The fourth-order valence-corrected chi connectivity index (χ4v) is 2.38. The topological polar surface area (TPSA) is 65.7 Å². The summed E-state index contributed by atoms with van der Waals surface area (Å²) in [4.78, 5) is 23.3. The molecule has 0 radical (unpaired) electrons. The predicted octanol–water partition coefficient (Wildman–Crippen LogP) is 3.39. The van der Waals surface area contributed by atoms with Gasteiger partial charge in [-0.2, -0.15) is 0 Å². The first-order valence-electron chi connectivity index (χ1n) is 6.98. The van der Waals surface area contributed by atoms with Crippen LogP contribution in [-0.4, -0.2) is 13.1 Å². The molecule has 0 bridgehead atoms. The lowest BCUT2D eigenvalue weighted by Gasteiger charge is -2.08. The fraction of sp³-hybridized carbons (Fsp3) is 0.111. The second kappa shape index (κ2) is 5.96. The van der Waals surface area contributed by atoms with E-state index in [4.69, 9.17) is 13.9 Å². The van der Waals surface area contributed by atoms with E-state index in [-0.39, 0.29) is 0 Å². The molecule has 5 nitrogen and oxygen atoms in total. The molecule has 0 amide bonds. The number of rotatable bonds is 3. The Kier molecular flexibility index (Phi) is 3.85. The minimum absolute atomic E-state index is 0.332. The van der Waals surface area contributed by atoms with E-state index in [2.05, 4.69) is 0 Å². The van der Waals surface area contributed by atoms with Crippen molar-refractivity contribution in [1.82, 2.24) is 0 Å². The quantitative estimate of drug-likeness (QED) is 0.421. The highest BCUT2D eigenvalue weighted by molar-refractivity contribution is 5.84. The van der Waals surface area contributed by atoms with Crippen molar-refractivity contribution in [2.45, 2.75) is 6.92 Å². The highest BCUT2D eigenvalue weighted by Crippen LogP contribution is 2.30. The summed E-state index contributed by atoms with van der Waals surface area (Å²) in [6, 6.07) is 13.9. The molecule has 0 aliphatic rings. The molecule has 0 fully saturated rings. The summed E-state index contributed by atoms with van der Waals surface area (Å²) < 4.78 is 15.7. The minimum atomic E-state index is -0.484. The lowest BCUT2D eigenvalue weighted by molar-refractivity contribution is -0.131.